The predicted octanol–water partition coefficient (Wildman–Crippen LogP) is 8.73. The normalized spacial score (nSPS) is 19.1. The van der Waals surface area contributed by atoms with Crippen molar-refractivity contribution in [2.24, 2.45) is 0 Å². The van der Waals surface area contributed by atoms with Gasteiger partial charge in [0.15, 0.2) is 0 Å². The van der Waals surface area contributed by atoms with Gasteiger partial charge in [-0.2, -0.15) is 0 Å². The molecule has 228 valence electrons. The summed E-state index contributed by atoms with van der Waals surface area (Å²) in [6.07, 6.45) is 4.49. The van der Waals surface area contributed by atoms with Crippen LogP contribution in [0.1, 0.15) is 74.9 Å². The molecular formula is C40H36N4O2. The van der Waals surface area contributed by atoms with Gasteiger partial charge in [-0.15, -0.1) is 0 Å². The number of carbonyl (C=O) groups is 1. The van der Waals surface area contributed by atoms with Gasteiger partial charge in [0.05, 0.1) is 51.4 Å². The molecule has 0 amide bonds. The number of nitrogens with zero attached hydrogens (tertiary/aromatic N) is 4. The van der Waals surface area contributed by atoms with Gasteiger partial charge in [0, 0.05) is 28.4 Å². The van der Waals surface area contributed by atoms with Gasteiger partial charge in [-0.1, -0.05) is 92.6 Å². The lowest BCUT2D eigenvalue weighted by Crippen LogP contribution is -2.39. The first-order valence-corrected chi connectivity index (χ1v) is 16.5. The molecule has 2 aliphatic carbocycles. The molecule has 0 saturated carbocycles. The predicted molar refractivity (Wildman–Crippen MR) is 182 cm³/mol. The third kappa shape index (κ3) is 4.27. The molecule has 2 aliphatic rings. The Kier molecular flexibility index (Phi) is 6.89. The van der Waals surface area contributed by atoms with E-state index in [9.17, 15) is 4.79 Å². The van der Waals surface area contributed by atoms with Crippen LogP contribution in [0, 0.1) is 0 Å². The maximum atomic E-state index is 13.1. The minimum Gasteiger partial charge on any atom is -0.466 e. The molecule has 6 aromatic rings. The Hall–Kier alpha value is -4.97. The van der Waals surface area contributed by atoms with E-state index in [1.807, 2.05) is 49.4 Å². The summed E-state index contributed by atoms with van der Waals surface area (Å²) in [6.45, 7) is 4.46. The largest absolute Gasteiger partial charge is 0.466 e. The summed E-state index contributed by atoms with van der Waals surface area (Å²) < 4.78 is 5.52. The number of hydrogen-bond acceptors (Lipinski definition) is 6. The number of carbonyl (C=O) groups excluding carboxylic acids is 1. The molecule has 6 heteroatoms. The van der Waals surface area contributed by atoms with Gasteiger partial charge < -0.3 is 4.74 Å². The highest BCUT2D eigenvalue weighted by Crippen LogP contribution is 2.61. The molecule has 2 unspecified atom stereocenters. The number of hydrogen-bond donors (Lipinski definition) is 0. The fourth-order valence-corrected chi connectivity index (χ4v) is 8.10. The third-order valence-electron chi connectivity index (χ3n) is 10.1. The Morgan fingerprint density at radius 2 is 1.07 bits per heavy atom. The number of aromatic nitrogens is 4. The van der Waals surface area contributed by atoms with Crippen molar-refractivity contribution >= 4 is 28.0 Å². The topological polar surface area (TPSA) is 77.9 Å². The zero-order chi connectivity index (χ0) is 31.3. The Morgan fingerprint density at radius 3 is 1.57 bits per heavy atom. The minimum atomic E-state index is -0.620. The van der Waals surface area contributed by atoms with Crippen molar-refractivity contribution in [3.8, 4) is 22.5 Å². The average Bonchev–Trinajstić information content (AvgIpc) is 3.51. The van der Waals surface area contributed by atoms with E-state index in [1.54, 1.807) is 0 Å². The number of benzene rings is 4. The van der Waals surface area contributed by atoms with Crippen LogP contribution in [0.2, 0.25) is 0 Å². The van der Waals surface area contributed by atoms with E-state index in [1.165, 1.54) is 11.1 Å². The summed E-state index contributed by atoms with van der Waals surface area (Å²) in [4.78, 5) is 34.5. The Balaban J connectivity index is 1.43. The standard InChI is InChI=1S/C40H36N4O2/c1-3-5-23-39(28-16-8-6-14-26(28)35-37(39)43-32-20-12-10-18-30(32)41-35)25-40(24-22-34(45)46-4-2)29-17-9-7-15-27(29)36-38(40)44-33-21-13-11-19-31(33)42-36/h6-21H,3-5,22-25H2,1-2H3. The number of fused-ring (bicyclic) bond motifs is 8. The Morgan fingerprint density at radius 1 is 0.609 bits per heavy atom. The summed E-state index contributed by atoms with van der Waals surface area (Å²) in [5, 5.41) is 0. The van der Waals surface area contributed by atoms with Crippen molar-refractivity contribution < 1.29 is 9.53 Å². The molecular weight excluding hydrogens is 568 g/mol. The number of para-hydroxylation sites is 4. The zero-order valence-corrected chi connectivity index (χ0v) is 26.3. The first-order valence-electron chi connectivity index (χ1n) is 16.5. The molecule has 2 aromatic heterocycles. The van der Waals surface area contributed by atoms with Crippen molar-refractivity contribution in [2.75, 3.05) is 6.61 Å². The maximum absolute atomic E-state index is 13.1. The molecule has 46 heavy (non-hydrogen) atoms. The summed E-state index contributed by atoms with van der Waals surface area (Å²) in [5.74, 6) is -0.192. The van der Waals surface area contributed by atoms with Crippen LogP contribution in [0.15, 0.2) is 97.1 Å². The van der Waals surface area contributed by atoms with Crippen LogP contribution < -0.4 is 0 Å². The van der Waals surface area contributed by atoms with E-state index >= 15 is 0 Å². The van der Waals surface area contributed by atoms with E-state index in [2.05, 4.69) is 61.5 Å². The van der Waals surface area contributed by atoms with Crippen LogP contribution in [0.5, 0.6) is 0 Å². The first-order chi connectivity index (χ1) is 22.6. The van der Waals surface area contributed by atoms with Crippen molar-refractivity contribution in [3.05, 3.63) is 120 Å². The zero-order valence-electron chi connectivity index (χ0n) is 26.3. The van der Waals surface area contributed by atoms with Gasteiger partial charge in [-0.3, -0.25) is 4.79 Å². The molecule has 0 aliphatic heterocycles. The van der Waals surface area contributed by atoms with Gasteiger partial charge in [0.1, 0.15) is 0 Å². The monoisotopic (exact) mass is 604 g/mol. The first kappa shape index (κ1) is 28.5. The highest BCUT2D eigenvalue weighted by molar-refractivity contribution is 5.87. The summed E-state index contributed by atoms with van der Waals surface area (Å²) in [5.41, 5.74) is 10.9. The molecule has 2 atom stereocenters. The van der Waals surface area contributed by atoms with Gasteiger partial charge in [-0.25, -0.2) is 19.9 Å². The van der Waals surface area contributed by atoms with E-state index in [-0.39, 0.29) is 12.4 Å². The highest BCUT2D eigenvalue weighted by atomic mass is 16.5. The number of rotatable bonds is 9. The third-order valence-corrected chi connectivity index (χ3v) is 10.1. The van der Waals surface area contributed by atoms with Gasteiger partial charge in [0.25, 0.3) is 0 Å². The summed E-state index contributed by atoms with van der Waals surface area (Å²) >= 11 is 0. The highest BCUT2D eigenvalue weighted by Gasteiger charge is 2.55. The van der Waals surface area contributed by atoms with Gasteiger partial charge in [-0.05, 0) is 61.6 Å². The Bertz CT molecular complexity index is 2140. The summed E-state index contributed by atoms with van der Waals surface area (Å²) in [6, 6.07) is 33.5. The SMILES string of the molecule is CCCCC1(CC2(CCC(=O)OCC)c3ccccc3-c3nc4ccccc4nc32)c2ccccc2-c2nc3ccccc3nc21. The second-order valence-electron chi connectivity index (χ2n) is 12.7. The van der Waals surface area contributed by atoms with E-state index in [4.69, 9.17) is 24.7 Å². The quantitative estimate of drug-likeness (QED) is 0.154. The Labute approximate surface area is 268 Å². The molecule has 6 nitrogen and oxygen atoms in total. The van der Waals surface area contributed by atoms with E-state index in [0.717, 1.165) is 75.2 Å². The average molecular weight is 605 g/mol. The van der Waals surface area contributed by atoms with Crippen LogP contribution in [0.25, 0.3) is 44.6 Å². The van der Waals surface area contributed by atoms with Gasteiger partial charge in [0.2, 0.25) is 0 Å². The molecule has 0 fully saturated rings. The molecule has 0 radical (unpaired) electrons. The lowest BCUT2D eigenvalue weighted by Gasteiger charge is -2.41. The van der Waals surface area contributed by atoms with E-state index < -0.39 is 10.8 Å². The van der Waals surface area contributed by atoms with Crippen molar-refractivity contribution in [2.45, 2.75) is 63.2 Å². The van der Waals surface area contributed by atoms with Crippen LogP contribution in [-0.4, -0.2) is 32.5 Å². The number of esters is 1. The van der Waals surface area contributed by atoms with Crippen molar-refractivity contribution in [1.82, 2.24) is 19.9 Å². The molecule has 2 heterocycles. The minimum absolute atomic E-state index is 0.192. The molecule has 4 aromatic carbocycles. The van der Waals surface area contributed by atoms with Gasteiger partial charge >= 0.3 is 5.97 Å². The molecule has 0 spiro atoms. The molecule has 0 N–H and O–H groups in total. The van der Waals surface area contributed by atoms with E-state index in [0.29, 0.717) is 19.4 Å². The smallest absolute Gasteiger partial charge is 0.305 e. The number of unbranched alkanes of at least 4 members (excludes halogenated alkanes) is 1. The molecule has 0 saturated heterocycles. The fraction of sp³-hybridized carbons (Fsp3) is 0.275. The summed E-state index contributed by atoms with van der Waals surface area (Å²) in [7, 11) is 0. The fourth-order valence-electron chi connectivity index (χ4n) is 8.10. The lowest BCUT2D eigenvalue weighted by molar-refractivity contribution is -0.143. The lowest BCUT2D eigenvalue weighted by atomic mass is 9.61. The van der Waals surface area contributed by atoms with Crippen molar-refractivity contribution in [3.63, 3.8) is 0 Å². The molecule has 0 bridgehead atoms. The van der Waals surface area contributed by atoms with Crippen molar-refractivity contribution in [1.29, 1.82) is 0 Å². The van der Waals surface area contributed by atoms with Crippen LogP contribution in [0.4, 0.5) is 0 Å². The second kappa shape index (κ2) is 11.1. The van der Waals surface area contributed by atoms with Crippen LogP contribution in [-0.2, 0) is 20.4 Å². The number of ether oxygens (including phenoxy) is 1. The van der Waals surface area contributed by atoms with Crippen LogP contribution >= 0.6 is 0 Å². The second-order valence-corrected chi connectivity index (χ2v) is 12.7. The molecule has 8 rings (SSSR count). The maximum Gasteiger partial charge on any atom is 0.305 e. The van der Waals surface area contributed by atoms with Crippen LogP contribution in [0.3, 0.4) is 0 Å².